The van der Waals surface area contributed by atoms with Crippen molar-refractivity contribution in [2.75, 3.05) is 6.61 Å². The Morgan fingerprint density at radius 2 is 1.79 bits per heavy atom. The predicted octanol–water partition coefficient (Wildman–Crippen LogP) is 5.75. The molecule has 2 N–H and O–H groups in total. The Balaban J connectivity index is 1.13. The van der Waals surface area contributed by atoms with Gasteiger partial charge in [0.05, 0.1) is 0 Å². The number of hydrogen-bond donors (Lipinski definition) is 2. The molecule has 33 heavy (non-hydrogen) atoms. The summed E-state index contributed by atoms with van der Waals surface area (Å²) in [7, 11) is 0. The van der Waals surface area contributed by atoms with Gasteiger partial charge in [-0.3, -0.25) is 4.79 Å². The molecular formula is C24H22Cl2N4O3. The first kappa shape index (κ1) is 21.8. The number of carbonyl (C=O) groups is 1. The molecule has 0 saturated heterocycles. The molecule has 2 aromatic carbocycles. The molecule has 170 valence electrons. The number of hydrogen-bond acceptors (Lipinski definition) is 5. The van der Waals surface area contributed by atoms with Crippen LogP contribution in [-0.2, 0) is 4.79 Å². The number of amides is 1. The van der Waals surface area contributed by atoms with Crippen LogP contribution in [0.2, 0.25) is 10.0 Å². The molecule has 1 amide bonds. The highest BCUT2D eigenvalue weighted by Gasteiger charge is 2.27. The van der Waals surface area contributed by atoms with Crippen molar-refractivity contribution in [2.45, 2.75) is 37.6 Å². The number of aromatic amines is 1. The average molecular weight is 485 g/mol. The quantitative estimate of drug-likeness (QED) is 0.363. The number of ether oxygens (including phenoxy) is 1. The molecule has 0 spiro atoms. The van der Waals surface area contributed by atoms with Crippen molar-refractivity contribution in [3.8, 4) is 17.3 Å². The van der Waals surface area contributed by atoms with Gasteiger partial charge in [-0.15, -0.1) is 10.2 Å². The third-order valence-electron chi connectivity index (χ3n) is 5.88. The Morgan fingerprint density at radius 3 is 2.58 bits per heavy atom. The van der Waals surface area contributed by atoms with Crippen LogP contribution in [-0.4, -0.2) is 33.7 Å². The van der Waals surface area contributed by atoms with Gasteiger partial charge in [0.25, 0.3) is 11.8 Å². The number of fused-ring (bicyclic) bond motifs is 1. The lowest BCUT2D eigenvalue weighted by molar-refractivity contribution is -0.124. The summed E-state index contributed by atoms with van der Waals surface area (Å²) in [5.41, 5.74) is 1.73. The van der Waals surface area contributed by atoms with Gasteiger partial charge in [0.2, 0.25) is 5.89 Å². The second kappa shape index (κ2) is 9.45. The molecule has 0 aliphatic heterocycles. The van der Waals surface area contributed by atoms with Gasteiger partial charge >= 0.3 is 0 Å². The number of aromatic nitrogens is 3. The SMILES string of the molecule is O=C(COc1ccc(Cl)cc1)NC1CCC(c2nnc(-c3cc4cc(Cl)ccc4[nH]3)o2)CC1. The molecule has 0 radical (unpaired) electrons. The zero-order valence-corrected chi connectivity index (χ0v) is 19.2. The van der Waals surface area contributed by atoms with E-state index in [-0.39, 0.29) is 24.5 Å². The second-order valence-corrected chi connectivity index (χ2v) is 9.09. The van der Waals surface area contributed by atoms with Crippen molar-refractivity contribution in [3.63, 3.8) is 0 Å². The lowest BCUT2D eigenvalue weighted by Crippen LogP contribution is -2.39. The third-order valence-corrected chi connectivity index (χ3v) is 6.37. The Bertz CT molecular complexity index is 1260. The number of carbonyl (C=O) groups excluding carboxylic acids is 1. The van der Waals surface area contributed by atoms with Crippen LogP contribution in [0.3, 0.4) is 0 Å². The third kappa shape index (κ3) is 5.15. The van der Waals surface area contributed by atoms with Gasteiger partial charge in [-0.25, -0.2) is 0 Å². The normalized spacial score (nSPS) is 18.4. The summed E-state index contributed by atoms with van der Waals surface area (Å²) in [6.07, 6.45) is 3.43. The van der Waals surface area contributed by atoms with E-state index >= 15 is 0 Å². The lowest BCUT2D eigenvalue weighted by atomic mass is 9.86. The fraction of sp³-hybridized carbons (Fsp3) is 0.292. The summed E-state index contributed by atoms with van der Waals surface area (Å²) in [4.78, 5) is 15.5. The van der Waals surface area contributed by atoms with E-state index < -0.39 is 0 Å². The van der Waals surface area contributed by atoms with Gasteiger partial charge in [-0.1, -0.05) is 23.2 Å². The van der Waals surface area contributed by atoms with Crippen molar-refractivity contribution < 1.29 is 13.9 Å². The Hall–Kier alpha value is -3.03. The standard InChI is InChI=1S/C24H22Cl2N4O3/c25-16-3-8-19(9-4-16)32-13-22(31)27-18-6-1-14(2-7-18)23-29-30-24(33-23)21-12-15-11-17(26)5-10-20(15)28-21/h3-5,8-12,14,18,28H,1-2,6-7,13H2,(H,27,31). The zero-order chi connectivity index (χ0) is 22.8. The fourth-order valence-electron chi connectivity index (χ4n) is 4.16. The van der Waals surface area contributed by atoms with E-state index in [2.05, 4.69) is 20.5 Å². The van der Waals surface area contributed by atoms with Crippen LogP contribution >= 0.6 is 23.2 Å². The maximum absolute atomic E-state index is 12.2. The molecule has 0 bridgehead atoms. The zero-order valence-electron chi connectivity index (χ0n) is 17.7. The first-order valence-electron chi connectivity index (χ1n) is 10.8. The number of benzene rings is 2. The first-order chi connectivity index (χ1) is 16.0. The number of nitrogens with one attached hydrogen (secondary N) is 2. The minimum absolute atomic E-state index is 0.0235. The molecule has 1 aliphatic rings. The van der Waals surface area contributed by atoms with Gasteiger partial charge < -0.3 is 19.5 Å². The van der Waals surface area contributed by atoms with Crippen LogP contribution in [0.5, 0.6) is 5.75 Å². The molecule has 7 nitrogen and oxygen atoms in total. The highest BCUT2D eigenvalue weighted by molar-refractivity contribution is 6.31. The molecular weight excluding hydrogens is 463 g/mol. The first-order valence-corrected chi connectivity index (χ1v) is 11.6. The van der Waals surface area contributed by atoms with Gasteiger partial charge in [-0.05, 0) is 74.2 Å². The van der Waals surface area contributed by atoms with Gasteiger partial charge in [0.15, 0.2) is 6.61 Å². The van der Waals surface area contributed by atoms with E-state index in [0.29, 0.717) is 27.6 Å². The molecule has 1 fully saturated rings. The molecule has 2 heterocycles. The fourth-order valence-corrected chi connectivity index (χ4v) is 4.47. The number of rotatable bonds is 6. The maximum atomic E-state index is 12.2. The van der Waals surface area contributed by atoms with E-state index in [4.69, 9.17) is 32.4 Å². The van der Waals surface area contributed by atoms with E-state index in [0.717, 1.165) is 42.3 Å². The Kier molecular flexibility index (Phi) is 6.24. The number of H-pyrrole nitrogens is 1. The number of halogens is 2. The Morgan fingerprint density at radius 1 is 1.03 bits per heavy atom. The maximum Gasteiger partial charge on any atom is 0.264 e. The smallest absolute Gasteiger partial charge is 0.264 e. The average Bonchev–Trinajstić information content (AvgIpc) is 3.46. The van der Waals surface area contributed by atoms with E-state index in [1.54, 1.807) is 24.3 Å². The molecule has 9 heteroatoms. The summed E-state index contributed by atoms with van der Waals surface area (Å²) in [5, 5.41) is 13.9. The summed E-state index contributed by atoms with van der Waals surface area (Å²) in [6.45, 7) is -0.0235. The van der Waals surface area contributed by atoms with Gasteiger partial charge in [0, 0.05) is 32.9 Å². The van der Waals surface area contributed by atoms with Crippen LogP contribution < -0.4 is 10.1 Å². The molecule has 0 atom stereocenters. The largest absolute Gasteiger partial charge is 0.484 e. The van der Waals surface area contributed by atoms with E-state index in [1.807, 2.05) is 24.3 Å². The van der Waals surface area contributed by atoms with Crippen molar-refractivity contribution in [3.05, 3.63) is 64.5 Å². The van der Waals surface area contributed by atoms with Crippen LogP contribution in [0.15, 0.2) is 52.9 Å². The van der Waals surface area contributed by atoms with Crippen molar-refractivity contribution >= 4 is 40.0 Å². The van der Waals surface area contributed by atoms with Gasteiger partial charge in [0.1, 0.15) is 11.4 Å². The van der Waals surface area contributed by atoms with E-state index in [1.165, 1.54) is 0 Å². The summed E-state index contributed by atoms with van der Waals surface area (Å²) >= 11 is 11.9. The van der Waals surface area contributed by atoms with Crippen LogP contribution in [0.1, 0.15) is 37.5 Å². The molecule has 1 aliphatic carbocycles. The predicted molar refractivity (Wildman–Crippen MR) is 127 cm³/mol. The molecule has 4 aromatic rings. The van der Waals surface area contributed by atoms with E-state index in [9.17, 15) is 4.79 Å². The Labute approximate surface area is 200 Å². The second-order valence-electron chi connectivity index (χ2n) is 8.22. The topological polar surface area (TPSA) is 93.0 Å². The number of nitrogens with zero attached hydrogens (tertiary/aromatic N) is 2. The molecule has 2 aromatic heterocycles. The molecule has 0 unspecified atom stereocenters. The molecule has 1 saturated carbocycles. The summed E-state index contributed by atoms with van der Waals surface area (Å²) in [5.74, 6) is 1.77. The van der Waals surface area contributed by atoms with Gasteiger partial charge in [-0.2, -0.15) is 0 Å². The van der Waals surface area contributed by atoms with Crippen molar-refractivity contribution in [1.82, 2.24) is 20.5 Å². The highest BCUT2D eigenvalue weighted by Crippen LogP contribution is 2.34. The van der Waals surface area contributed by atoms with Crippen LogP contribution in [0.4, 0.5) is 0 Å². The summed E-state index contributed by atoms with van der Waals surface area (Å²) in [6, 6.07) is 14.7. The molecule has 5 rings (SSSR count). The monoisotopic (exact) mass is 484 g/mol. The van der Waals surface area contributed by atoms with Crippen LogP contribution in [0.25, 0.3) is 22.5 Å². The van der Waals surface area contributed by atoms with Crippen LogP contribution in [0, 0.1) is 0 Å². The van der Waals surface area contributed by atoms with Crippen molar-refractivity contribution in [1.29, 1.82) is 0 Å². The summed E-state index contributed by atoms with van der Waals surface area (Å²) < 4.78 is 11.5. The lowest BCUT2D eigenvalue weighted by Gasteiger charge is -2.27. The minimum atomic E-state index is -0.132. The minimum Gasteiger partial charge on any atom is -0.484 e. The highest BCUT2D eigenvalue weighted by atomic mass is 35.5. The van der Waals surface area contributed by atoms with Crippen molar-refractivity contribution in [2.24, 2.45) is 0 Å².